The van der Waals surface area contributed by atoms with Gasteiger partial charge in [0.2, 0.25) is 0 Å². The molecule has 0 amide bonds. The van der Waals surface area contributed by atoms with Crippen LogP contribution in [0.25, 0.3) is 0 Å². The maximum absolute atomic E-state index is 10.8. The number of rotatable bonds is 4. The van der Waals surface area contributed by atoms with E-state index in [1.807, 2.05) is 0 Å². The van der Waals surface area contributed by atoms with Crippen LogP contribution in [0.5, 0.6) is 11.8 Å². The molecule has 0 bridgehead atoms. The Balaban J connectivity index is 2.26. The first kappa shape index (κ1) is 13.4. The predicted octanol–water partition coefficient (Wildman–Crippen LogP) is 2.18. The number of aromatic carboxylic acids is 1. The first-order valence-corrected chi connectivity index (χ1v) is 5.46. The maximum Gasteiger partial charge on any atom is 0.339 e. The van der Waals surface area contributed by atoms with E-state index >= 15 is 0 Å². The van der Waals surface area contributed by atoms with Crippen LogP contribution in [0, 0.1) is 17.0 Å². The van der Waals surface area contributed by atoms with Gasteiger partial charge in [0.05, 0.1) is 22.2 Å². The van der Waals surface area contributed by atoms with Gasteiger partial charge >= 0.3 is 12.0 Å². The van der Waals surface area contributed by atoms with Crippen LogP contribution in [0.1, 0.15) is 16.1 Å². The molecule has 0 aliphatic rings. The molecule has 0 saturated carbocycles. The molecule has 1 N–H and O–H groups in total. The van der Waals surface area contributed by atoms with Crippen molar-refractivity contribution >= 4 is 11.7 Å². The lowest BCUT2D eigenvalue weighted by Crippen LogP contribution is -2.04. The minimum absolute atomic E-state index is 0.0311. The molecule has 0 saturated heterocycles. The molecule has 1 aromatic heterocycles. The number of ether oxygens (including phenoxy) is 1. The number of aryl methyl sites for hydroxylation is 1. The first-order valence-electron chi connectivity index (χ1n) is 5.46. The Morgan fingerprint density at radius 2 is 2.20 bits per heavy atom. The standard InChI is InChI=1S/C12H9N3O5/c1-7-10(11(16)17)6-13-12(14-7)20-9-4-2-3-8(5-9)15(18)19/h2-6H,1H3,(H,16,17). The Labute approximate surface area is 112 Å². The van der Waals surface area contributed by atoms with Crippen molar-refractivity contribution in [2.24, 2.45) is 0 Å². The normalized spacial score (nSPS) is 10.1. The molecule has 0 atom stereocenters. The molecule has 0 spiro atoms. The van der Waals surface area contributed by atoms with Gasteiger partial charge in [0, 0.05) is 12.3 Å². The van der Waals surface area contributed by atoms with Crippen LogP contribution in [-0.4, -0.2) is 26.0 Å². The minimum Gasteiger partial charge on any atom is -0.478 e. The summed E-state index contributed by atoms with van der Waals surface area (Å²) in [5.41, 5.74) is 0.0886. The van der Waals surface area contributed by atoms with Crippen LogP contribution < -0.4 is 4.74 Å². The third-order valence-electron chi connectivity index (χ3n) is 2.43. The number of carboxylic acids is 1. The van der Waals surface area contributed by atoms with Gasteiger partial charge in [-0.25, -0.2) is 9.78 Å². The number of carboxylic acid groups (broad SMARTS) is 1. The zero-order valence-electron chi connectivity index (χ0n) is 10.3. The molecule has 1 heterocycles. The van der Waals surface area contributed by atoms with Crippen LogP contribution in [0.15, 0.2) is 30.5 Å². The van der Waals surface area contributed by atoms with Gasteiger partial charge in [0.15, 0.2) is 0 Å². The van der Waals surface area contributed by atoms with Crippen LogP contribution in [-0.2, 0) is 0 Å². The number of hydrogen-bond acceptors (Lipinski definition) is 6. The molecule has 2 aromatic rings. The second kappa shape index (κ2) is 5.31. The van der Waals surface area contributed by atoms with Crippen molar-refractivity contribution in [3.8, 4) is 11.8 Å². The second-order valence-electron chi connectivity index (χ2n) is 3.81. The molecule has 0 radical (unpaired) electrons. The third kappa shape index (κ3) is 2.86. The van der Waals surface area contributed by atoms with Crippen LogP contribution in [0.2, 0.25) is 0 Å². The predicted molar refractivity (Wildman–Crippen MR) is 66.9 cm³/mol. The lowest BCUT2D eigenvalue weighted by molar-refractivity contribution is -0.384. The monoisotopic (exact) mass is 275 g/mol. The van der Waals surface area contributed by atoms with E-state index in [2.05, 4.69) is 9.97 Å². The molecule has 102 valence electrons. The first-order chi connectivity index (χ1) is 9.47. The molecule has 0 aliphatic carbocycles. The summed E-state index contributed by atoms with van der Waals surface area (Å²) in [6.07, 6.45) is 1.12. The number of benzene rings is 1. The van der Waals surface area contributed by atoms with Gasteiger partial charge in [-0.2, -0.15) is 4.98 Å². The van der Waals surface area contributed by atoms with Gasteiger partial charge < -0.3 is 9.84 Å². The number of nitrogens with zero attached hydrogens (tertiary/aromatic N) is 3. The maximum atomic E-state index is 10.8. The summed E-state index contributed by atoms with van der Waals surface area (Å²) in [6, 6.07) is 5.45. The van der Waals surface area contributed by atoms with Crippen molar-refractivity contribution in [2.45, 2.75) is 6.92 Å². The largest absolute Gasteiger partial charge is 0.478 e. The highest BCUT2D eigenvalue weighted by Gasteiger charge is 2.12. The second-order valence-corrected chi connectivity index (χ2v) is 3.81. The molecular weight excluding hydrogens is 266 g/mol. The summed E-state index contributed by atoms with van der Waals surface area (Å²) in [4.78, 5) is 28.5. The third-order valence-corrected chi connectivity index (χ3v) is 2.43. The van der Waals surface area contributed by atoms with E-state index in [0.29, 0.717) is 0 Å². The van der Waals surface area contributed by atoms with Crippen molar-refractivity contribution in [3.05, 3.63) is 51.8 Å². The van der Waals surface area contributed by atoms with E-state index in [-0.39, 0.29) is 28.7 Å². The van der Waals surface area contributed by atoms with E-state index in [1.54, 1.807) is 0 Å². The molecule has 0 fully saturated rings. The fourth-order valence-electron chi connectivity index (χ4n) is 1.47. The topological polar surface area (TPSA) is 115 Å². The molecule has 0 unspecified atom stereocenters. The van der Waals surface area contributed by atoms with E-state index < -0.39 is 10.9 Å². The van der Waals surface area contributed by atoms with Crippen molar-refractivity contribution in [2.75, 3.05) is 0 Å². The summed E-state index contributed by atoms with van der Waals surface area (Å²) in [5, 5.41) is 19.5. The van der Waals surface area contributed by atoms with Crippen molar-refractivity contribution in [1.82, 2.24) is 9.97 Å². The molecule has 8 nitrogen and oxygen atoms in total. The van der Waals surface area contributed by atoms with Gasteiger partial charge in [0.1, 0.15) is 5.75 Å². The van der Waals surface area contributed by atoms with Crippen molar-refractivity contribution in [3.63, 3.8) is 0 Å². The highest BCUT2D eigenvalue weighted by molar-refractivity contribution is 5.88. The quantitative estimate of drug-likeness (QED) is 0.671. The Hall–Kier alpha value is -3.03. The zero-order valence-corrected chi connectivity index (χ0v) is 10.3. The highest BCUT2D eigenvalue weighted by atomic mass is 16.6. The summed E-state index contributed by atoms with van der Waals surface area (Å²) in [7, 11) is 0. The average molecular weight is 275 g/mol. The van der Waals surface area contributed by atoms with E-state index in [9.17, 15) is 14.9 Å². The number of nitro groups is 1. The number of carbonyl (C=O) groups is 1. The molecule has 1 aromatic carbocycles. The van der Waals surface area contributed by atoms with E-state index in [4.69, 9.17) is 9.84 Å². The van der Waals surface area contributed by atoms with Crippen LogP contribution in [0.4, 0.5) is 5.69 Å². The Morgan fingerprint density at radius 1 is 1.45 bits per heavy atom. The van der Waals surface area contributed by atoms with Crippen LogP contribution >= 0.6 is 0 Å². The lowest BCUT2D eigenvalue weighted by atomic mass is 10.2. The average Bonchev–Trinajstić information content (AvgIpc) is 2.38. The van der Waals surface area contributed by atoms with Crippen molar-refractivity contribution in [1.29, 1.82) is 0 Å². The van der Waals surface area contributed by atoms with Crippen molar-refractivity contribution < 1.29 is 19.6 Å². The fourth-order valence-corrected chi connectivity index (χ4v) is 1.47. The van der Waals surface area contributed by atoms with Gasteiger partial charge in [-0.15, -0.1) is 0 Å². The number of hydrogen-bond donors (Lipinski definition) is 1. The number of nitro benzene ring substituents is 1. The highest BCUT2D eigenvalue weighted by Crippen LogP contribution is 2.23. The SMILES string of the molecule is Cc1nc(Oc2cccc([N+](=O)[O-])c2)ncc1C(=O)O. The summed E-state index contributed by atoms with van der Waals surface area (Å²) >= 11 is 0. The van der Waals surface area contributed by atoms with Crippen LogP contribution in [0.3, 0.4) is 0 Å². The number of non-ortho nitro benzene ring substituents is 1. The Morgan fingerprint density at radius 3 is 2.80 bits per heavy atom. The summed E-state index contributed by atoms with van der Waals surface area (Å²) < 4.78 is 5.27. The smallest absolute Gasteiger partial charge is 0.339 e. The summed E-state index contributed by atoms with van der Waals surface area (Å²) in [5.74, 6) is -0.939. The number of aromatic nitrogens is 2. The summed E-state index contributed by atoms with van der Waals surface area (Å²) in [6.45, 7) is 1.51. The molecule has 0 aliphatic heterocycles. The van der Waals surface area contributed by atoms with Gasteiger partial charge in [-0.3, -0.25) is 10.1 Å². The van der Waals surface area contributed by atoms with Gasteiger partial charge in [0.25, 0.3) is 5.69 Å². The lowest BCUT2D eigenvalue weighted by Gasteiger charge is -2.05. The minimum atomic E-state index is -1.13. The van der Waals surface area contributed by atoms with E-state index in [0.717, 1.165) is 6.20 Å². The molecule has 20 heavy (non-hydrogen) atoms. The molecular formula is C12H9N3O5. The zero-order chi connectivity index (χ0) is 14.7. The Kier molecular flexibility index (Phi) is 3.56. The molecule has 8 heteroatoms. The van der Waals surface area contributed by atoms with Gasteiger partial charge in [-0.1, -0.05) is 6.07 Å². The molecule has 2 rings (SSSR count). The van der Waals surface area contributed by atoms with E-state index in [1.165, 1.54) is 31.2 Å². The Bertz CT molecular complexity index is 687. The van der Waals surface area contributed by atoms with Gasteiger partial charge in [-0.05, 0) is 13.0 Å². The fraction of sp³-hybridized carbons (Fsp3) is 0.0833.